The molecule has 9 heteroatoms. The third kappa shape index (κ3) is 4.67. The van der Waals surface area contributed by atoms with E-state index < -0.39 is 9.84 Å². The SMILES string of the molecule is Cc1nc(NC2CCS(=O)(=O)C2)cc(C(=O)Nc2ccc(Cl)cc2)n1. The van der Waals surface area contributed by atoms with Crippen molar-refractivity contribution in [1.82, 2.24) is 9.97 Å². The number of amides is 1. The second kappa shape index (κ2) is 6.97. The van der Waals surface area contributed by atoms with Crippen LogP contribution in [-0.4, -0.2) is 41.8 Å². The van der Waals surface area contributed by atoms with Crippen LogP contribution in [0.15, 0.2) is 30.3 Å². The monoisotopic (exact) mass is 380 g/mol. The fourth-order valence-electron chi connectivity index (χ4n) is 2.60. The fourth-order valence-corrected chi connectivity index (χ4v) is 4.40. The van der Waals surface area contributed by atoms with E-state index >= 15 is 0 Å². The van der Waals surface area contributed by atoms with E-state index in [0.29, 0.717) is 28.8 Å². The number of hydrogen-bond donors (Lipinski definition) is 2. The van der Waals surface area contributed by atoms with Gasteiger partial charge in [-0.05, 0) is 37.6 Å². The number of benzene rings is 1. The topological polar surface area (TPSA) is 101 Å². The maximum Gasteiger partial charge on any atom is 0.274 e. The molecule has 1 aliphatic rings. The van der Waals surface area contributed by atoms with Crippen LogP contribution < -0.4 is 10.6 Å². The zero-order valence-electron chi connectivity index (χ0n) is 13.5. The summed E-state index contributed by atoms with van der Waals surface area (Å²) in [5, 5.41) is 6.39. The highest BCUT2D eigenvalue weighted by molar-refractivity contribution is 7.91. The Labute approximate surface area is 150 Å². The van der Waals surface area contributed by atoms with Gasteiger partial charge in [0.1, 0.15) is 17.3 Å². The van der Waals surface area contributed by atoms with E-state index in [1.165, 1.54) is 6.07 Å². The molecule has 1 aromatic carbocycles. The Morgan fingerprint density at radius 1 is 1.24 bits per heavy atom. The molecule has 7 nitrogen and oxygen atoms in total. The number of carbonyl (C=O) groups is 1. The minimum absolute atomic E-state index is 0.0718. The number of aromatic nitrogens is 2. The average Bonchev–Trinajstić information content (AvgIpc) is 2.87. The lowest BCUT2D eigenvalue weighted by Gasteiger charge is -2.13. The first-order valence-corrected chi connectivity index (χ1v) is 9.90. The van der Waals surface area contributed by atoms with E-state index in [0.717, 1.165) is 0 Å². The van der Waals surface area contributed by atoms with Gasteiger partial charge in [0.15, 0.2) is 9.84 Å². The third-order valence-electron chi connectivity index (χ3n) is 3.76. The molecule has 1 aromatic heterocycles. The zero-order chi connectivity index (χ0) is 18.0. The summed E-state index contributed by atoms with van der Waals surface area (Å²) in [5.74, 6) is 0.721. The molecule has 2 aromatic rings. The van der Waals surface area contributed by atoms with E-state index in [2.05, 4.69) is 20.6 Å². The molecule has 25 heavy (non-hydrogen) atoms. The van der Waals surface area contributed by atoms with Crippen LogP contribution in [0.5, 0.6) is 0 Å². The predicted molar refractivity (Wildman–Crippen MR) is 96.9 cm³/mol. The second-order valence-electron chi connectivity index (χ2n) is 5.89. The van der Waals surface area contributed by atoms with E-state index in [-0.39, 0.29) is 29.1 Å². The molecular weight excluding hydrogens is 364 g/mol. The molecule has 2 N–H and O–H groups in total. The van der Waals surface area contributed by atoms with Gasteiger partial charge in [0.25, 0.3) is 5.91 Å². The number of anilines is 2. The van der Waals surface area contributed by atoms with E-state index in [1.54, 1.807) is 31.2 Å². The largest absolute Gasteiger partial charge is 0.366 e. The first-order chi connectivity index (χ1) is 11.8. The number of carbonyl (C=O) groups excluding carboxylic acids is 1. The van der Waals surface area contributed by atoms with Gasteiger partial charge >= 0.3 is 0 Å². The summed E-state index contributed by atoms with van der Waals surface area (Å²) in [4.78, 5) is 20.8. The Morgan fingerprint density at radius 3 is 2.60 bits per heavy atom. The Morgan fingerprint density at radius 2 is 1.96 bits per heavy atom. The quantitative estimate of drug-likeness (QED) is 0.843. The first kappa shape index (κ1) is 17.6. The van der Waals surface area contributed by atoms with Gasteiger partial charge in [0.05, 0.1) is 11.5 Å². The first-order valence-electron chi connectivity index (χ1n) is 7.70. The summed E-state index contributed by atoms with van der Waals surface area (Å²) in [7, 11) is -2.99. The molecule has 1 aliphatic heterocycles. The standard InChI is InChI=1S/C16H17ClN4O3S/c1-10-18-14(16(22)21-12-4-2-11(17)3-5-12)8-15(19-10)20-13-6-7-25(23,24)9-13/h2-5,8,13H,6-7,9H2,1H3,(H,21,22)(H,18,19,20). The van der Waals surface area contributed by atoms with E-state index in [4.69, 9.17) is 11.6 Å². The summed E-state index contributed by atoms with van der Waals surface area (Å²) in [5.41, 5.74) is 0.799. The van der Waals surface area contributed by atoms with Gasteiger partial charge in [-0.1, -0.05) is 11.6 Å². The molecule has 0 bridgehead atoms. The molecule has 1 amide bonds. The van der Waals surface area contributed by atoms with E-state index in [1.807, 2.05) is 0 Å². The van der Waals surface area contributed by atoms with Crippen molar-refractivity contribution in [2.24, 2.45) is 0 Å². The minimum Gasteiger partial charge on any atom is -0.366 e. The predicted octanol–water partition coefficient (Wildman–Crippen LogP) is 2.29. The van der Waals surface area contributed by atoms with Crippen LogP contribution in [0.2, 0.25) is 5.02 Å². The smallest absolute Gasteiger partial charge is 0.274 e. The summed E-state index contributed by atoms with van der Waals surface area (Å²) < 4.78 is 23.1. The maximum atomic E-state index is 12.4. The van der Waals surface area contributed by atoms with Gasteiger partial charge in [0.2, 0.25) is 0 Å². The van der Waals surface area contributed by atoms with Crippen LogP contribution in [0.3, 0.4) is 0 Å². The summed E-state index contributed by atoms with van der Waals surface area (Å²) in [6.45, 7) is 1.68. The van der Waals surface area contributed by atoms with Crippen molar-refractivity contribution in [2.75, 3.05) is 22.1 Å². The van der Waals surface area contributed by atoms with Crippen LogP contribution in [0, 0.1) is 6.92 Å². The number of nitrogens with zero attached hydrogens (tertiary/aromatic N) is 2. The highest BCUT2D eigenvalue weighted by Gasteiger charge is 2.28. The van der Waals surface area contributed by atoms with Crippen LogP contribution in [0.25, 0.3) is 0 Å². The van der Waals surface area contributed by atoms with Crippen molar-refractivity contribution < 1.29 is 13.2 Å². The molecule has 1 fully saturated rings. The van der Waals surface area contributed by atoms with Gasteiger partial charge in [-0.3, -0.25) is 4.79 Å². The van der Waals surface area contributed by atoms with Crippen molar-refractivity contribution >= 4 is 38.9 Å². The van der Waals surface area contributed by atoms with Gasteiger partial charge in [-0.2, -0.15) is 0 Å². The van der Waals surface area contributed by atoms with Gasteiger partial charge in [-0.15, -0.1) is 0 Å². The highest BCUT2D eigenvalue weighted by Crippen LogP contribution is 2.18. The Bertz CT molecular complexity index is 900. The van der Waals surface area contributed by atoms with Crippen LogP contribution >= 0.6 is 11.6 Å². The van der Waals surface area contributed by atoms with Crippen LogP contribution in [-0.2, 0) is 9.84 Å². The van der Waals surface area contributed by atoms with Crippen molar-refractivity contribution in [1.29, 1.82) is 0 Å². The molecule has 1 saturated heterocycles. The molecule has 3 rings (SSSR count). The highest BCUT2D eigenvalue weighted by atomic mass is 35.5. The molecule has 2 heterocycles. The summed E-state index contributed by atoms with van der Waals surface area (Å²) >= 11 is 5.82. The molecule has 1 unspecified atom stereocenters. The van der Waals surface area contributed by atoms with Crippen molar-refractivity contribution in [3.05, 3.63) is 46.9 Å². The lowest BCUT2D eigenvalue weighted by Crippen LogP contribution is -2.22. The van der Waals surface area contributed by atoms with Gasteiger partial charge in [0, 0.05) is 22.8 Å². The normalized spacial score (nSPS) is 18.7. The Balaban J connectivity index is 1.74. The number of sulfone groups is 1. The summed E-state index contributed by atoms with van der Waals surface area (Å²) in [6.07, 6.45) is 0.525. The number of rotatable bonds is 4. The number of aryl methyl sites for hydroxylation is 1. The lowest BCUT2D eigenvalue weighted by atomic mass is 10.2. The van der Waals surface area contributed by atoms with Crippen molar-refractivity contribution in [2.45, 2.75) is 19.4 Å². The molecule has 0 spiro atoms. The van der Waals surface area contributed by atoms with Crippen molar-refractivity contribution in [3.63, 3.8) is 0 Å². The molecule has 0 saturated carbocycles. The van der Waals surface area contributed by atoms with E-state index in [9.17, 15) is 13.2 Å². The van der Waals surface area contributed by atoms with Crippen LogP contribution in [0.1, 0.15) is 22.7 Å². The third-order valence-corrected chi connectivity index (χ3v) is 5.78. The average molecular weight is 381 g/mol. The fraction of sp³-hybridized carbons (Fsp3) is 0.312. The second-order valence-corrected chi connectivity index (χ2v) is 8.56. The Hall–Kier alpha value is -2.19. The zero-order valence-corrected chi connectivity index (χ0v) is 15.1. The van der Waals surface area contributed by atoms with Crippen molar-refractivity contribution in [3.8, 4) is 0 Å². The number of nitrogens with one attached hydrogen (secondary N) is 2. The Kier molecular flexibility index (Phi) is 4.91. The number of halogens is 1. The molecule has 0 radical (unpaired) electrons. The molecule has 132 valence electrons. The van der Waals surface area contributed by atoms with Crippen LogP contribution in [0.4, 0.5) is 11.5 Å². The minimum atomic E-state index is -2.99. The maximum absolute atomic E-state index is 12.4. The van der Waals surface area contributed by atoms with Gasteiger partial charge < -0.3 is 10.6 Å². The lowest BCUT2D eigenvalue weighted by molar-refractivity contribution is 0.102. The van der Waals surface area contributed by atoms with Gasteiger partial charge in [-0.25, -0.2) is 18.4 Å². The number of hydrogen-bond acceptors (Lipinski definition) is 6. The molecular formula is C16H17ClN4O3S. The molecule has 1 atom stereocenters. The summed E-state index contributed by atoms with van der Waals surface area (Å²) in [6, 6.07) is 8.05. The molecule has 0 aliphatic carbocycles.